The molecular weight excluding hydrogens is 383 g/mol. The van der Waals surface area contributed by atoms with Crippen molar-refractivity contribution in [2.24, 2.45) is 4.99 Å². The van der Waals surface area contributed by atoms with E-state index < -0.39 is 4.65 Å². The summed E-state index contributed by atoms with van der Waals surface area (Å²) in [6.45, 7) is 0.548. The summed E-state index contributed by atoms with van der Waals surface area (Å²) in [6, 6.07) is 12.5. The molecule has 0 fully saturated rings. The summed E-state index contributed by atoms with van der Waals surface area (Å²) in [4.78, 5) is 6.13. The zero-order chi connectivity index (χ0) is 17.6. The first-order chi connectivity index (χ1) is 12.0. The molecule has 1 atom stereocenters. The Hall–Kier alpha value is -1.60. The summed E-state index contributed by atoms with van der Waals surface area (Å²) in [5, 5.41) is 17.8. The van der Waals surface area contributed by atoms with Gasteiger partial charge in [-0.2, -0.15) is 0 Å². The lowest BCUT2D eigenvalue weighted by Crippen LogP contribution is -2.54. The number of nitrogens with one attached hydrogen (secondary N) is 1. The van der Waals surface area contributed by atoms with Crippen LogP contribution in [0.3, 0.4) is 0 Å². The second kappa shape index (κ2) is 6.29. The minimum Gasteiger partial charge on any atom is -0.619 e. The number of halogens is 3. The van der Waals surface area contributed by atoms with Crippen molar-refractivity contribution in [3.05, 3.63) is 74.5 Å². The van der Waals surface area contributed by atoms with Crippen LogP contribution in [0.4, 0.5) is 5.69 Å². The summed E-state index contributed by atoms with van der Waals surface area (Å²) < 4.78 is -0.723. The zero-order valence-corrected chi connectivity index (χ0v) is 15.2. The number of nitrogens with zero attached hydrogens (tertiary/aromatic N) is 3. The summed E-state index contributed by atoms with van der Waals surface area (Å²) in [6.07, 6.45) is 1.61. The molecule has 25 heavy (non-hydrogen) atoms. The van der Waals surface area contributed by atoms with Crippen LogP contribution in [-0.4, -0.2) is 23.9 Å². The standard InChI is InChI=1S/C17H13Cl3N4O/c18-12-6-4-11(5-7-12)15-8-24(25)10-21-9-22-17(24)23(15)16-13(19)2-1-3-14(16)20/h1-8,21H,9-10H2. The first kappa shape index (κ1) is 16.8. The number of quaternary nitrogens is 1. The van der Waals surface area contributed by atoms with Gasteiger partial charge in [0.2, 0.25) is 0 Å². The molecule has 8 heteroatoms. The van der Waals surface area contributed by atoms with Gasteiger partial charge in [-0.1, -0.05) is 53.0 Å². The minimum absolute atomic E-state index is 0.189. The van der Waals surface area contributed by atoms with Crippen molar-refractivity contribution >= 4 is 52.1 Å². The fourth-order valence-corrected chi connectivity index (χ4v) is 3.68. The third kappa shape index (κ3) is 2.83. The van der Waals surface area contributed by atoms with Gasteiger partial charge in [-0.05, 0) is 24.3 Å². The Morgan fingerprint density at radius 3 is 2.40 bits per heavy atom. The molecular formula is C17H13Cl3N4O. The number of hydrogen-bond acceptors (Lipinski definition) is 4. The van der Waals surface area contributed by atoms with Gasteiger partial charge in [-0.3, -0.25) is 4.65 Å². The number of guanidine groups is 1. The number of anilines is 1. The molecule has 1 N–H and O–H groups in total. The number of hydroxylamine groups is 3. The molecule has 2 aliphatic heterocycles. The fourth-order valence-electron chi connectivity index (χ4n) is 2.99. The number of aliphatic imine (C=N–C) groups is 1. The van der Waals surface area contributed by atoms with Crippen molar-refractivity contribution in [2.45, 2.75) is 0 Å². The monoisotopic (exact) mass is 394 g/mol. The lowest BCUT2D eigenvalue weighted by atomic mass is 10.1. The normalized spacial score (nSPS) is 22.5. The number of hydrogen-bond donors (Lipinski definition) is 1. The molecule has 1 unspecified atom stereocenters. The Kier molecular flexibility index (Phi) is 4.24. The molecule has 0 bridgehead atoms. The summed E-state index contributed by atoms with van der Waals surface area (Å²) >= 11 is 18.8. The summed E-state index contributed by atoms with van der Waals surface area (Å²) in [5.74, 6) is 0.332. The van der Waals surface area contributed by atoms with Gasteiger partial charge in [0.25, 0.3) is 0 Å². The summed E-state index contributed by atoms with van der Waals surface area (Å²) in [5.41, 5.74) is 2.04. The molecule has 0 saturated carbocycles. The van der Waals surface area contributed by atoms with Crippen molar-refractivity contribution in [2.75, 3.05) is 18.2 Å². The Morgan fingerprint density at radius 2 is 1.72 bits per heavy atom. The van der Waals surface area contributed by atoms with E-state index in [1.165, 1.54) is 0 Å². The second-order valence-corrected chi connectivity index (χ2v) is 7.00. The predicted octanol–water partition coefficient (Wildman–Crippen LogP) is 4.65. The molecule has 2 aromatic carbocycles. The van der Waals surface area contributed by atoms with E-state index in [1.807, 2.05) is 12.1 Å². The zero-order valence-electron chi connectivity index (χ0n) is 12.9. The van der Waals surface area contributed by atoms with E-state index in [9.17, 15) is 5.21 Å². The Morgan fingerprint density at radius 1 is 1.04 bits per heavy atom. The van der Waals surface area contributed by atoms with Crippen LogP contribution in [0.5, 0.6) is 0 Å². The predicted molar refractivity (Wildman–Crippen MR) is 102 cm³/mol. The van der Waals surface area contributed by atoms with Crippen LogP contribution in [0.25, 0.3) is 5.70 Å². The van der Waals surface area contributed by atoms with E-state index in [-0.39, 0.29) is 6.67 Å². The van der Waals surface area contributed by atoms with Crippen LogP contribution >= 0.6 is 34.8 Å². The highest BCUT2D eigenvalue weighted by molar-refractivity contribution is 6.40. The largest absolute Gasteiger partial charge is 0.619 e. The maximum atomic E-state index is 13.3. The Balaban J connectivity index is 1.93. The molecule has 2 heterocycles. The van der Waals surface area contributed by atoms with Gasteiger partial charge in [0.1, 0.15) is 25.2 Å². The van der Waals surface area contributed by atoms with Gasteiger partial charge in [0.05, 0.1) is 15.7 Å². The smallest absolute Gasteiger partial charge is 0.317 e. The van der Waals surface area contributed by atoms with Gasteiger partial charge in [0, 0.05) is 10.6 Å². The first-order valence-corrected chi connectivity index (χ1v) is 8.70. The Labute approximate surface area is 159 Å². The minimum atomic E-state index is -0.723. The van der Waals surface area contributed by atoms with E-state index in [0.717, 1.165) is 5.56 Å². The molecule has 4 rings (SSSR count). The van der Waals surface area contributed by atoms with Crippen LogP contribution in [0, 0.1) is 5.21 Å². The topological polar surface area (TPSA) is 50.7 Å². The van der Waals surface area contributed by atoms with Crippen molar-refractivity contribution < 1.29 is 4.65 Å². The molecule has 0 aliphatic carbocycles. The quantitative estimate of drug-likeness (QED) is 0.594. The number of fused-ring (bicyclic) bond motifs is 1. The van der Waals surface area contributed by atoms with E-state index in [4.69, 9.17) is 34.8 Å². The highest BCUT2D eigenvalue weighted by atomic mass is 35.5. The van der Waals surface area contributed by atoms with Crippen molar-refractivity contribution in [1.82, 2.24) is 5.32 Å². The third-order valence-electron chi connectivity index (χ3n) is 4.09. The molecule has 0 radical (unpaired) electrons. The average molecular weight is 396 g/mol. The highest BCUT2D eigenvalue weighted by Gasteiger charge is 2.43. The summed E-state index contributed by atoms with van der Waals surface area (Å²) in [7, 11) is 0. The SMILES string of the molecule is [O-][N+]12C=C(c3ccc(Cl)cc3)N(c3c(Cl)cccc3Cl)C1=NCNC2. The third-order valence-corrected chi connectivity index (χ3v) is 4.95. The number of rotatable bonds is 2. The van der Waals surface area contributed by atoms with Crippen molar-refractivity contribution in [1.29, 1.82) is 0 Å². The van der Waals surface area contributed by atoms with Crippen LogP contribution < -0.4 is 10.2 Å². The lowest BCUT2D eigenvalue weighted by molar-refractivity contribution is -0.736. The van der Waals surface area contributed by atoms with E-state index >= 15 is 0 Å². The first-order valence-electron chi connectivity index (χ1n) is 7.57. The molecule has 0 saturated heterocycles. The highest BCUT2D eigenvalue weighted by Crippen LogP contribution is 2.43. The molecule has 0 amide bonds. The van der Waals surface area contributed by atoms with Gasteiger partial charge >= 0.3 is 5.96 Å². The lowest BCUT2D eigenvalue weighted by Gasteiger charge is -2.38. The van der Waals surface area contributed by atoms with Crippen LogP contribution in [-0.2, 0) is 0 Å². The molecule has 2 aromatic rings. The molecule has 0 aromatic heterocycles. The van der Waals surface area contributed by atoms with E-state index in [2.05, 4.69) is 10.3 Å². The maximum Gasteiger partial charge on any atom is 0.317 e. The van der Waals surface area contributed by atoms with E-state index in [0.29, 0.717) is 39.1 Å². The second-order valence-electron chi connectivity index (χ2n) is 5.75. The Bertz CT molecular complexity index is 877. The van der Waals surface area contributed by atoms with Crippen LogP contribution in [0.2, 0.25) is 15.1 Å². The average Bonchev–Trinajstić information content (AvgIpc) is 2.89. The maximum absolute atomic E-state index is 13.3. The van der Waals surface area contributed by atoms with Gasteiger partial charge in [0.15, 0.2) is 0 Å². The molecule has 5 nitrogen and oxygen atoms in total. The molecule has 128 valence electrons. The molecule has 2 aliphatic rings. The van der Waals surface area contributed by atoms with Crippen molar-refractivity contribution in [3.8, 4) is 0 Å². The van der Waals surface area contributed by atoms with Gasteiger partial charge in [-0.15, -0.1) is 0 Å². The van der Waals surface area contributed by atoms with Crippen LogP contribution in [0.1, 0.15) is 5.56 Å². The fraction of sp³-hybridized carbons (Fsp3) is 0.118. The number of benzene rings is 2. The van der Waals surface area contributed by atoms with Crippen LogP contribution in [0.15, 0.2) is 53.7 Å². The van der Waals surface area contributed by atoms with Gasteiger partial charge < -0.3 is 5.21 Å². The van der Waals surface area contributed by atoms with Gasteiger partial charge in [-0.25, -0.2) is 15.2 Å². The molecule has 0 spiro atoms. The van der Waals surface area contributed by atoms with Crippen molar-refractivity contribution in [3.63, 3.8) is 0 Å². The number of para-hydroxylation sites is 1. The van der Waals surface area contributed by atoms with E-state index in [1.54, 1.807) is 41.4 Å².